The molecule has 0 bridgehead atoms. The summed E-state index contributed by atoms with van der Waals surface area (Å²) >= 11 is 0. The van der Waals surface area contributed by atoms with Crippen LogP contribution in [0.4, 0.5) is 0 Å². The molecule has 1 unspecified atom stereocenters. The molecule has 3 N–H and O–H groups in total. The van der Waals surface area contributed by atoms with E-state index in [-0.39, 0.29) is 19.0 Å². The van der Waals surface area contributed by atoms with E-state index in [0.717, 1.165) is 4.90 Å². The summed E-state index contributed by atoms with van der Waals surface area (Å²) in [6.07, 6.45) is -1.15. The third kappa shape index (κ3) is 2.48. The summed E-state index contributed by atoms with van der Waals surface area (Å²) in [5.41, 5.74) is 5.69. The van der Waals surface area contributed by atoms with Crippen LogP contribution in [0.1, 0.15) is 10.4 Å². The van der Waals surface area contributed by atoms with Crippen LogP contribution in [0.3, 0.4) is 0 Å². The van der Waals surface area contributed by atoms with E-state index in [1.807, 2.05) is 0 Å². The Kier molecular flexibility index (Phi) is 3.99. The van der Waals surface area contributed by atoms with Crippen LogP contribution in [0.2, 0.25) is 0 Å². The zero-order valence-corrected chi connectivity index (χ0v) is 10.7. The molecule has 1 heterocycles. The number of hydrogen-bond acceptors (Lipinski definition) is 4. The maximum absolute atomic E-state index is 12.3. The van der Waals surface area contributed by atoms with E-state index in [4.69, 9.17) is 10.8 Å². The molecule has 2 rings (SSSR count). The van der Waals surface area contributed by atoms with Gasteiger partial charge in [-0.2, -0.15) is 0 Å². The van der Waals surface area contributed by atoms with Crippen molar-refractivity contribution in [1.82, 2.24) is 9.80 Å². The van der Waals surface area contributed by atoms with Gasteiger partial charge in [-0.25, -0.2) is 0 Å². The molecule has 0 radical (unpaired) electrons. The predicted octanol–water partition coefficient (Wildman–Crippen LogP) is -1.23. The lowest BCUT2D eigenvalue weighted by atomic mass is 10.2. The van der Waals surface area contributed by atoms with Gasteiger partial charge in [-0.1, -0.05) is 18.2 Å². The molecule has 0 saturated carbocycles. The van der Waals surface area contributed by atoms with Crippen molar-refractivity contribution < 1.29 is 19.5 Å². The third-order valence-electron chi connectivity index (χ3n) is 3.16. The first-order chi connectivity index (χ1) is 9.56. The number of nitrogens with two attached hydrogens (primary N) is 1. The van der Waals surface area contributed by atoms with Crippen molar-refractivity contribution in [3.63, 3.8) is 0 Å². The molecular formula is C13H15N3O4. The van der Waals surface area contributed by atoms with Gasteiger partial charge in [-0.05, 0) is 12.1 Å². The maximum atomic E-state index is 12.3. The van der Waals surface area contributed by atoms with Crippen LogP contribution in [0.15, 0.2) is 30.3 Å². The van der Waals surface area contributed by atoms with Crippen LogP contribution in [0.5, 0.6) is 0 Å². The highest BCUT2D eigenvalue weighted by Gasteiger charge is 2.41. The number of carbonyl (C=O) groups is 3. The lowest BCUT2D eigenvalue weighted by Crippen LogP contribution is -2.52. The van der Waals surface area contributed by atoms with Crippen molar-refractivity contribution in [2.24, 2.45) is 5.73 Å². The number of rotatable bonds is 3. The van der Waals surface area contributed by atoms with Crippen molar-refractivity contribution in [1.29, 1.82) is 0 Å². The van der Waals surface area contributed by atoms with Gasteiger partial charge in [0.2, 0.25) is 5.91 Å². The Balaban J connectivity index is 2.26. The topological polar surface area (TPSA) is 104 Å². The van der Waals surface area contributed by atoms with Gasteiger partial charge in [-0.15, -0.1) is 0 Å². The van der Waals surface area contributed by atoms with Crippen LogP contribution >= 0.6 is 0 Å². The summed E-state index contributed by atoms with van der Waals surface area (Å²) in [5.74, 6) is -1.80. The van der Waals surface area contributed by atoms with E-state index >= 15 is 0 Å². The lowest BCUT2D eigenvalue weighted by Gasteiger charge is -2.27. The highest BCUT2D eigenvalue weighted by atomic mass is 16.3. The molecule has 20 heavy (non-hydrogen) atoms. The van der Waals surface area contributed by atoms with Crippen LogP contribution in [-0.2, 0) is 9.59 Å². The molecule has 1 saturated heterocycles. The molecule has 7 heteroatoms. The van der Waals surface area contributed by atoms with E-state index in [0.29, 0.717) is 5.56 Å². The third-order valence-corrected chi connectivity index (χ3v) is 3.16. The summed E-state index contributed by atoms with van der Waals surface area (Å²) < 4.78 is 0. The SMILES string of the molecule is NC(=O)C1N(C(=O)CO)CCN1C(=O)c1ccccc1. The monoisotopic (exact) mass is 277 g/mol. The minimum absolute atomic E-state index is 0.172. The molecular weight excluding hydrogens is 262 g/mol. The Morgan fingerprint density at radius 2 is 1.75 bits per heavy atom. The average Bonchev–Trinajstić information content (AvgIpc) is 2.91. The number of hydrogen-bond donors (Lipinski definition) is 2. The van der Waals surface area contributed by atoms with Gasteiger partial charge in [0.25, 0.3) is 11.8 Å². The van der Waals surface area contributed by atoms with Crippen molar-refractivity contribution in [2.45, 2.75) is 6.17 Å². The molecule has 1 atom stereocenters. The summed E-state index contributed by atoms with van der Waals surface area (Å²) in [7, 11) is 0. The average molecular weight is 277 g/mol. The van der Waals surface area contributed by atoms with Gasteiger partial charge < -0.3 is 20.6 Å². The molecule has 1 aromatic rings. The molecule has 3 amide bonds. The molecule has 7 nitrogen and oxygen atoms in total. The Bertz CT molecular complexity index is 532. The Morgan fingerprint density at radius 1 is 1.15 bits per heavy atom. The standard InChI is InChI=1S/C13H15N3O4/c14-11(19)12-15(10(18)8-17)6-7-16(12)13(20)9-4-2-1-3-5-9/h1-5,12,17H,6-8H2,(H2,14,19). The highest BCUT2D eigenvalue weighted by Crippen LogP contribution is 2.18. The summed E-state index contributed by atoms with van der Waals surface area (Å²) in [6.45, 7) is -0.351. The van der Waals surface area contributed by atoms with Gasteiger partial charge >= 0.3 is 0 Å². The number of carbonyl (C=O) groups excluding carboxylic acids is 3. The van der Waals surface area contributed by atoms with Crippen molar-refractivity contribution >= 4 is 17.7 Å². The Morgan fingerprint density at radius 3 is 2.30 bits per heavy atom. The predicted molar refractivity (Wildman–Crippen MR) is 69.3 cm³/mol. The Hall–Kier alpha value is -2.41. The van der Waals surface area contributed by atoms with Crippen LogP contribution in [0, 0.1) is 0 Å². The molecule has 1 fully saturated rings. The fourth-order valence-electron chi connectivity index (χ4n) is 2.25. The van der Waals surface area contributed by atoms with Gasteiger partial charge in [0, 0.05) is 18.7 Å². The van der Waals surface area contributed by atoms with Crippen LogP contribution in [-0.4, -0.2) is 58.5 Å². The smallest absolute Gasteiger partial charge is 0.261 e. The van der Waals surface area contributed by atoms with Gasteiger partial charge in [-0.3, -0.25) is 14.4 Å². The second-order valence-electron chi connectivity index (χ2n) is 4.39. The second-order valence-corrected chi connectivity index (χ2v) is 4.39. The lowest BCUT2D eigenvalue weighted by molar-refractivity contribution is -0.141. The van der Waals surface area contributed by atoms with Crippen LogP contribution in [0.25, 0.3) is 0 Å². The first-order valence-electron chi connectivity index (χ1n) is 6.12. The van der Waals surface area contributed by atoms with Gasteiger partial charge in [0.1, 0.15) is 6.61 Å². The number of aliphatic hydroxyl groups is 1. The van der Waals surface area contributed by atoms with E-state index in [2.05, 4.69) is 0 Å². The first-order valence-corrected chi connectivity index (χ1v) is 6.12. The summed E-state index contributed by atoms with van der Waals surface area (Å²) in [5, 5.41) is 8.89. The van der Waals surface area contributed by atoms with Crippen molar-refractivity contribution in [3.05, 3.63) is 35.9 Å². The van der Waals surface area contributed by atoms with Crippen LogP contribution < -0.4 is 5.73 Å². The number of aliphatic hydroxyl groups excluding tert-OH is 1. The number of amides is 3. The van der Waals surface area contributed by atoms with E-state index in [9.17, 15) is 14.4 Å². The molecule has 1 aromatic carbocycles. The maximum Gasteiger partial charge on any atom is 0.261 e. The largest absolute Gasteiger partial charge is 0.387 e. The van der Waals surface area contributed by atoms with Crippen molar-refractivity contribution in [2.75, 3.05) is 19.7 Å². The molecule has 0 aromatic heterocycles. The highest BCUT2D eigenvalue weighted by molar-refractivity contribution is 5.99. The molecule has 0 spiro atoms. The zero-order valence-electron chi connectivity index (χ0n) is 10.7. The Labute approximate surface area is 115 Å². The zero-order chi connectivity index (χ0) is 14.7. The summed E-state index contributed by atoms with van der Waals surface area (Å²) in [6, 6.07) is 8.43. The number of primary amides is 1. The number of nitrogens with zero attached hydrogens (tertiary/aromatic N) is 2. The van der Waals surface area contributed by atoms with E-state index < -0.39 is 24.6 Å². The van der Waals surface area contributed by atoms with Gasteiger partial charge in [0.15, 0.2) is 6.17 Å². The first kappa shape index (κ1) is 14.0. The molecule has 106 valence electrons. The quantitative estimate of drug-likeness (QED) is 0.722. The fourth-order valence-corrected chi connectivity index (χ4v) is 2.25. The van der Waals surface area contributed by atoms with E-state index in [1.165, 1.54) is 4.90 Å². The second kappa shape index (κ2) is 5.70. The summed E-state index contributed by atoms with van der Waals surface area (Å²) in [4.78, 5) is 37.8. The minimum Gasteiger partial charge on any atom is -0.387 e. The fraction of sp³-hybridized carbons (Fsp3) is 0.308. The molecule has 1 aliphatic heterocycles. The minimum atomic E-state index is -1.15. The molecule has 0 aliphatic carbocycles. The van der Waals surface area contributed by atoms with Gasteiger partial charge in [0.05, 0.1) is 0 Å². The van der Waals surface area contributed by atoms with E-state index in [1.54, 1.807) is 30.3 Å². The normalized spacial score (nSPS) is 18.1. The van der Waals surface area contributed by atoms with Crippen molar-refractivity contribution in [3.8, 4) is 0 Å². The number of benzene rings is 1. The molecule has 1 aliphatic rings.